The van der Waals surface area contributed by atoms with Gasteiger partial charge in [-0.2, -0.15) is 0 Å². The Balaban J connectivity index is 0.571. The molecule has 0 aliphatic carbocycles. The number of hydrogen-bond acceptors (Lipinski definition) is 4. The second-order valence-electron chi connectivity index (χ2n) is 31.8. The maximum atomic E-state index is 6.39. The van der Waals surface area contributed by atoms with Gasteiger partial charge in [-0.3, -0.25) is 0 Å². The number of hydrogen-bond donors (Lipinski definition) is 0. The van der Waals surface area contributed by atoms with E-state index in [1.165, 1.54) is 54.2 Å². The Morgan fingerprint density at radius 1 is 0.131 bits per heavy atom. The Hall–Kier alpha value is -16.1. The molecule has 2 aromatic heterocycles. The van der Waals surface area contributed by atoms with Crippen LogP contribution in [0.15, 0.2) is 470 Å². The van der Waals surface area contributed by atoms with E-state index in [0.717, 1.165) is 178 Å². The summed E-state index contributed by atoms with van der Waals surface area (Å²) in [4.78, 5) is 4.89. The molecule has 570 valence electrons. The number of furan rings is 2. The molecule has 23 aromatic rings. The summed E-state index contributed by atoms with van der Waals surface area (Å²) in [5.74, 6) is 0. The fourth-order valence-corrected chi connectivity index (χ4v) is 18.7. The van der Waals surface area contributed by atoms with E-state index >= 15 is 0 Å². The molecule has 0 spiro atoms. The number of nitrogens with zero attached hydrogens (tertiary/aromatic N) is 2. The van der Waals surface area contributed by atoms with Gasteiger partial charge >= 0.3 is 0 Å². The van der Waals surface area contributed by atoms with E-state index in [9.17, 15) is 0 Å². The largest absolute Gasteiger partial charge is 0.456 e. The summed E-state index contributed by atoms with van der Waals surface area (Å²) in [6.07, 6.45) is 0. The third kappa shape index (κ3) is 12.8. The number of rotatable bonds is 16. The molecule has 0 aliphatic rings. The molecule has 0 atom stereocenters. The highest BCUT2D eigenvalue weighted by molar-refractivity contribution is 6.15. The van der Waals surface area contributed by atoms with Gasteiger partial charge < -0.3 is 18.6 Å². The van der Waals surface area contributed by atoms with Crippen molar-refractivity contribution >= 4 is 121 Å². The minimum Gasteiger partial charge on any atom is -0.456 e. The van der Waals surface area contributed by atoms with Crippen LogP contribution in [-0.4, -0.2) is 0 Å². The van der Waals surface area contributed by atoms with E-state index in [-0.39, 0.29) is 0 Å². The maximum Gasteiger partial charge on any atom is 0.135 e. The van der Waals surface area contributed by atoms with Gasteiger partial charge in [-0.05, 0) is 253 Å². The number of benzene rings is 21. The van der Waals surface area contributed by atoms with E-state index in [0.29, 0.717) is 0 Å². The van der Waals surface area contributed by atoms with Gasteiger partial charge in [-0.1, -0.05) is 346 Å². The van der Waals surface area contributed by atoms with Gasteiger partial charge in [0.1, 0.15) is 22.3 Å². The smallest absolute Gasteiger partial charge is 0.135 e. The summed E-state index contributed by atoms with van der Waals surface area (Å²) in [6.45, 7) is 0. The zero-order chi connectivity index (χ0) is 80.6. The summed E-state index contributed by atoms with van der Waals surface area (Å²) >= 11 is 0. The molecule has 0 aliphatic heterocycles. The first-order valence-electron chi connectivity index (χ1n) is 41.8. The first-order chi connectivity index (χ1) is 60.4. The third-order valence-electron chi connectivity index (χ3n) is 24.7. The highest BCUT2D eigenvalue weighted by atomic mass is 16.3. The lowest BCUT2D eigenvalue weighted by atomic mass is 9.92. The molecule has 21 aromatic carbocycles. The molecule has 0 saturated heterocycles. The van der Waals surface area contributed by atoms with E-state index < -0.39 is 0 Å². The molecule has 23 rings (SSSR count). The average Bonchev–Trinajstić information content (AvgIpc) is 1.09. The second-order valence-corrected chi connectivity index (χ2v) is 31.8. The van der Waals surface area contributed by atoms with Crippen molar-refractivity contribution in [1.82, 2.24) is 0 Å². The minimum atomic E-state index is 0.870. The number of para-hydroxylation sites is 5. The Bertz CT molecular complexity index is 8010. The SMILES string of the molecule is c1ccc(-c2cc(-c3ccc(-c4cccc(-c5ccc(-c6ccccc6N(c6cccc(-c7cccc8c7ccc7ccccc78)c6)c6ccccc6-c6ccc7oc8ccccc8c7c6)cc5)c4)cc3)cc(-c3ccc(N(c4cccc(-c5cccc6c5ccc5ccccc56)c4)c4ccccc4-c4ccc5oc6ccccc6c5c4)cc3)c2)cc1. The molecular formula is C118H76N2O2. The molecule has 122 heavy (non-hydrogen) atoms. The average molecular weight is 1550 g/mol. The van der Waals surface area contributed by atoms with Crippen LogP contribution in [0.25, 0.3) is 198 Å². The molecule has 0 saturated carbocycles. The highest BCUT2D eigenvalue weighted by Gasteiger charge is 2.25. The van der Waals surface area contributed by atoms with Gasteiger partial charge in [0.25, 0.3) is 0 Å². The predicted octanol–water partition coefficient (Wildman–Crippen LogP) is 33.7. The van der Waals surface area contributed by atoms with E-state index in [1.807, 2.05) is 24.3 Å². The Labute approximate surface area is 707 Å². The fourth-order valence-electron chi connectivity index (χ4n) is 18.7. The summed E-state index contributed by atoms with van der Waals surface area (Å²) in [7, 11) is 0. The second kappa shape index (κ2) is 30.1. The van der Waals surface area contributed by atoms with Gasteiger partial charge in [-0.25, -0.2) is 0 Å². The Kier molecular flexibility index (Phi) is 17.6. The molecule has 2 heterocycles. The van der Waals surface area contributed by atoms with Crippen LogP contribution in [0.5, 0.6) is 0 Å². The topological polar surface area (TPSA) is 32.8 Å². The first-order valence-corrected chi connectivity index (χ1v) is 41.8. The maximum absolute atomic E-state index is 6.39. The van der Waals surface area contributed by atoms with Crippen LogP contribution in [0.1, 0.15) is 0 Å². The van der Waals surface area contributed by atoms with Crippen molar-refractivity contribution in [3.63, 3.8) is 0 Å². The van der Waals surface area contributed by atoms with Crippen molar-refractivity contribution in [1.29, 1.82) is 0 Å². The van der Waals surface area contributed by atoms with Crippen molar-refractivity contribution in [3.05, 3.63) is 461 Å². The van der Waals surface area contributed by atoms with Crippen LogP contribution in [-0.2, 0) is 0 Å². The number of fused-ring (bicyclic) bond motifs is 12. The van der Waals surface area contributed by atoms with Crippen molar-refractivity contribution in [2.24, 2.45) is 0 Å². The first kappa shape index (κ1) is 71.2. The Morgan fingerprint density at radius 2 is 0.443 bits per heavy atom. The standard InChI is InChI=1S/C118H76N2O2/c1-2-23-77(24-3-1)91-70-92(72-93(71-91)81-57-63-94(64-58-81)119(112-44-13-9-36-102(112)89-61-67-117-110(75-89)108-38-11-16-47-115(108)121-117)95-31-19-29-87(73-95)99-40-21-42-104-97-33-6-4-25-82(97)59-65-106(99)104)80-51-49-78(50-52-80)85-27-18-28-86(69-85)79-53-55-84(56-54-79)101-35-8-14-45-113(101)120(114-46-15-10-37-103(114)90-62-68-118-111(76-90)109-39-12-17-48-116(109)122-118)96-32-20-30-88(74-96)100-41-22-43-105-98-34-7-5-26-83(98)60-66-107(100)105/h1-76H. The lowest BCUT2D eigenvalue weighted by Gasteiger charge is -2.30. The monoisotopic (exact) mass is 1550 g/mol. The molecule has 0 radical (unpaired) electrons. The predicted molar refractivity (Wildman–Crippen MR) is 515 cm³/mol. The summed E-state index contributed by atoms with van der Waals surface area (Å²) in [5.41, 5.74) is 32.5. The van der Waals surface area contributed by atoms with Gasteiger partial charge in [0.05, 0.1) is 17.1 Å². The van der Waals surface area contributed by atoms with Crippen LogP contribution in [0, 0.1) is 0 Å². The van der Waals surface area contributed by atoms with Gasteiger partial charge in [0, 0.05) is 55.3 Å². The summed E-state index contributed by atoms with van der Waals surface area (Å²) in [5, 5.41) is 14.3. The van der Waals surface area contributed by atoms with E-state index in [2.05, 4.69) is 447 Å². The highest BCUT2D eigenvalue weighted by Crippen LogP contribution is 2.50. The van der Waals surface area contributed by atoms with Crippen LogP contribution in [0.3, 0.4) is 0 Å². The molecule has 0 unspecified atom stereocenters. The van der Waals surface area contributed by atoms with Gasteiger partial charge in [-0.15, -0.1) is 0 Å². The normalized spacial score (nSPS) is 11.6. The third-order valence-corrected chi connectivity index (χ3v) is 24.7. The Morgan fingerprint density at radius 3 is 0.943 bits per heavy atom. The molecule has 0 bridgehead atoms. The van der Waals surface area contributed by atoms with Crippen molar-refractivity contribution in [2.75, 3.05) is 9.80 Å². The van der Waals surface area contributed by atoms with E-state index in [1.54, 1.807) is 0 Å². The molecule has 0 amide bonds. The summed E-state index contributed by atoms with van der Waals surface area (Å²) < 4.78 is 12.8. The molecule has 0 N–H and O–H groups in total. The zero-order valence-corrected chi connectivity index (χ0v) is 66.6. The summed E-state index contributed by atoms with van der Waals surface area (Å²) in [6, 6.07) is 169. The number of anilines is 6. The van der Waals surface area contributed by atoms with Crippen LogP contribution < -0.4 is 9.80 Å². The molecule has 4 heteroatoms. The fraction of sp³-hybridized carbons (Fsp3) is 0. The van der Waals surface area contributed by atoms with E-state index in [4.69, 9.17) is 8.83 Å². The van der Waals surface area contributed by atoms with Crippen molar-refractivity contribution in [3.8, 4) is 111 Å². The van der Waals surface area contributed by atoms with Crippen LogP contribution in [0.4, 0.5) is 34.1 Å². The zero-order valence-electron chi connectivity index (χ0n) is 66.6. The van der Waals surface area contributed by atoms with Crippen molar-refractivity contribution in [2.45, 2.75) is 0 Å². The lowest BCUT2D eigenvalue weighted by Crippen LogP contribution is -2.12. The molecule has 4 nitrogen and oxygen atoms in total. The van der Waals surface area contributed by atoms with Gasteiger partial charge in [0.15, 0.2) is 0 Å². The quantitative estimate of drug-likeness (QED) is 0.0903. The molecular weight excluding hydrogens is 1480 g/mol. The lowest BCUT2D eigenvalue weighted by molar-refractivity contribution is 0.668. The molecule has 0 fully saturated rings. The van der Waals surface area contributed by atoms with Gasteiger partial charge in [0.2, 0.25) is 0 Å². The van der Waals surface area contributed by atoms with Crippen molar-refractivity contribution < 1.29 is 8.83 Å². The van der Waals surface area contributed by atoms with Crippen LogP contribution >= 0.6 is 0 Å². The minimum absolute atomic E-state index is 0.870. The van der Waals surface area contributed by atoms with Crippen LogP contribution in [0.2, 0.25) is 0 Å².